The number of halogens is 2. The summed E-state index contributed by atoms with van der Waals surface area (Å²) in [4.78, 5) is 0.371. The minimum atomic E-state index is 0.0148. The van der Waals surface area contributed by atoms with Crippen LogP contribution in [0.15, 0.2) is 22.7 Å². The Morgan fingerprint density at radius 2 is 2.07 bits per heavy atom. The first-order chi connectivity index (χ1) is 7.02. The average Bonchev–Trinajstić information content (AvgIpc) is 2.19. The molecular weight excluding hydrogens is 322 g/mol. The third-order valence-corrected chi connectivity index (χ3v) is 4.18. The van der Waals surface area contributed by atoms with Crippen LogP contribution in [0.2, 0.25) is 0 Å². The molecule has 0 fully saturated rings. The molecule has 1 aromatic rings. The molecule has 0 saturated heterocycles. The number of anilines is 1. The molecule has 1 aromatic carbocycles. The fourth-order valence-corrected chi connectivity index (χ4v) is 1.62. The maximum Gasteiger partial charge on any atom is 0.0341 e. The second-order valence-electron chi connectivity index (χ2n) is 3.76. The molecule has 0 radical (unpaired) electrons. The van der Waals surface area contributed by atoms with Gasteiger partial charge in [-0.15, -0.1) is 0 Å². The molecule has 1 N–H and O–H groups in total. The molecule has 0 aromatic heterocycles. The third-order valence-electron chi connectivity index (χ3n) is 2.18. The smallest absolute Gasteiger partial charge is 0.0341 e. The Kier molecular flexibility index (Phi) is 4.93. The zero-order valence-corrected chi connectivity index (χ0v) is 11.9. The lowest BCUT2D eigenvalue weighted by Crippen LogP contribution is -2.19. The lowest BCUT2D eigenvalue weighted by atomic mass is 10.1. The van der Waals surface area contributed by atoms with Gasteiger partial charge in [-0.1, -0.05) is 57.5 Å². The van der Waals surface area contributed by atoms with Gasteiger partial charge in [0.1, 0.15) is 0 Å². The maximum atomic E-state index is 11.6. The molecule has 0 heterocycles. The standard InChI is InChI=1S/C11H15Br2NO/c1-7(2)9(13)6-14-10-5-3-4-8(12)11(10)15/h3-5,7,9,14-15H,6H2,1-2H3/p-1. The van der Waals surface area contributed by atoms with Crippen LogP contribution in [0.3, 0.4) is 0 Å². The van der Waals surface area contributed by atoms with Gasteiger partial charge in [0.15, 0.2) is 0 Å². The first-order valence-electron chi connectivity index (χ1n) is 4.86. The number of hydrogen-bond donors (Lipinski definition) is 1. The average molecular weight is 336 g/mol. The molecule has 1 rings (SSSR count). The van der Waals surface area contributed by atoms with E-state index in [2.05, 4.69) is 51.0 Å². The highest BCUT2D eigenvalue weighted by atomic mass is 79.9. The molecule has 4 heteroatoms. The van der Waals surface area contributed by atoms with Crippen LogP contribution in [0.4, 0.5) is 5.69 Å². The number of rotatable bonds is 4. The summed E-state index contributed by atoms with van der Waals surface area (Å²) in [7, 11) is 0. The Labute approximate surface area is 107 Å². The van der Waals surface area contributed by atoms with Crippen molar-refractivity contribution in [1.82, 2.24) is 0 Å². The monoisotopic (exact) mass is 334 g/mol. The van der Waals surface area contributed by atoms with Crippen molar-refractivity contribution in [3.05, 3.63) is 22.7 Å². The van der Waals surface area contributed by atoms with Crippen molar-refractivity contribution in [3.63, 3.8) is 0 Å². The van der Waals surface area contributed by atoms with Gasteiger partial charge >= 0.3 is 0 Å². The van der Waals surface area contributed by atoms with Gasteiger partial charge in [0.2, 0.25) is 0 Å². The predicted octanol–water partition coefficient (Wildman–Crippen LogP) is 3.35. The fraction of sp³-hybridized carbons (Fsp3) is 0.455. The summed E-state index contributed by atoms with van der Waals surface area (Å²) < 4.78 is 0.600. The summed E-state index contributed by atoms with van der Waals surface area (Å²) in [6.07, 6.45) is 0. The second kappa shape index (κ2) is 5.75. The van der Waals surface area contributed by atoms with Crippen LogP contribution in [-0.2, 0) is 0 Å². The highest BCUT2D eigenvalue weighted by Gasteiger charge is 2.08. The Hall–Kier alpha value is -0.220. The zero-order valence-electron chi connectivity index (χ0n) is 8.76. The molecule has 1 unspecified atom stereocenters. The minimum absolute atomic E-state index is 0.0148. The van der Waals surface area contributed by atoms with Gasteiger partial charge in [-0.25, -0.2) is 0 Å². The van der Waals surface area contributed by atoms with E-state index in [9.17, 15) is 5.11 Å². The van der Waals surface area contributed by atoms with E-state index in [0.717, 1.165) is 6.54 Å². The van der Waals surface area contributed by atoms with E-state index in [1.165, 1.54) is 0 Å². The van der Waals surface area contributed by atoms with E-state index in [1.807, 2.05) is 6.07 Å². The third kappa shape index (κ3) is 3.68. The summed E-state index contributed by atoms with van der Waals surface area (Å²) in [5.41, 5.74) is 0.648. The van der Waals surface area contributed by atoms with Gasteiger partial charge in [-0.05, 0) is 18.1 Å². The molecule has 1 atom stereocenters. The van der Waals surface area contributed by atoms with Crippen LogP contribution in [0.5, 0.6) is 5.75 Å². The molecule has 84 valence electrons. The molecule has 0 aliphatic carbocycles. The van der Waals surface area contributed by atoms with Crippen molar-refractivity contribution in [2.24, 2.45) is 5.92 Å². The van der Waals surface area contributed by atoms with Gasteiger partial charge < -0.3 is 10.4 Å². The topological polar surface area (TPSA) is 35.1 Å². The van der Waals surface area contributed by atoms with E-state index in [0.29, 0.717) is 20.9 Å². The highest BCUT2D eigenvalue weighted by molar-refractivity contribution is 9.10. The fourth-order valence-electron chi connectivity index (χ4n) is 1.09. The van der Waals surface area contributed by atoms with Crippen molar-refractivity contribution >= 4 is 37.5 Å². The van der Waals surface area contributed by atoms with E-state index in [1.54, 1.807) is 12.1 Å². The van der Waals surface area contributed by atoms with Crippen molar-refractivity contribution in [2.75, 3.05) is 11.9 Å². The van der Waals surface area contributed by atoms with E-state index < -0.39 is 0 Å². The van der Waals surface area contributed by atoms with Crippen LogP contribution in [0.25, 0.3) is 0 Å². The van der Waals surface area contributed by atoms with Gasteiger partial charge in [0.05, 0.1) is 0 Å². The first kappa shape index (κ1) is 12.8. The molecule has 0 aliphatic heterocycles. The van der Waals surface area contributed by atoms with Crippen LogP contribution in [0, 0.1) is 5.92 Å². The molecular formula is C11H14Br2NO-. The Morgan fingerprint density at radius 3 is 2.67 bits per heavy atom. The minimum Gasteiger partial charge on any atom is -0.870 e. The van der Waals surface area contributed by atoms with Gasteiger partial charge in [-0.2, -0.15) is 0 Å². The van der Waals surface area contributed by atoms with Gasteiger partial charge in [-0.3, -0.25) is 0 Å². The summed E-state index contributed by atoms with van der Waals surface area (Å²) in [6.45, 7) is 5.03. The lowest BCUT2D eigenvalue weighted by molar-refractivity contribution is -0.268. The number of hydrogen-bond acceptors (Lipinski definition) is 2. The first-order valence-corrected chi connectivity index (χ1v) is 6.56. The van der Waals surface area contributed by atoms with E-state index in [4.69, 9.17) is 0 Å². The normalized spacial score (nSPS) is 12.9. The van der Waals surface area contributed by atoms with Crippen LogP contribution in [-0.4, -0.2) is 11.4 Å². The molecule has 2 nitrogen and oxygen atoms in total. The number of benzene rings is 1. The maximum absolute atomic E-state index is 11.6. The van der Waals surface area contributed by atoms with E-state index in [-0.39, 0.29) is 5.75 Å². The lowest BCUT2D eigenvalue weighted by Gasteiger charge is -2.20. The van der Waals surface area contributed by atoms with Crippen molar-refractivity contribution < 1.29 is 5.11 Å². The molecule has 0 spiro atoms. The Morgan fingerprint density at radius 1 is 1.40 bits per heavy atom. The highest BCUT2D eigenvalue weighted by Crippen LogP contribution is 2.29. The molecule has 0 bridgehead atoms. The number of alkyl halides is 1. The van der Waals surface area contributed by atoms with Crippen LogP contribution < -0.4 is 10.4 Å². The molecule has 0 saturated carbocycles. The van der Waals surface area contributed by atoms with Gasteiger partial charge in [0.25, 0.3) is 0 Å². The molecule has 0 aliphatic rings. The van der Waals surface area contributed by atoms with Crippen molar-refractivity contribution in [1.29, 1.82) is 0 Å². The zero-order chi connectivity index (χ0) is 11.4. The predicted molar refractivity (Wildman–Crippen MR) is 69.6 cm³/mol. The van der Waals surface area contributed by atoms with Crippen LogP contribution >= 0.6 is 31.9 Å². The quantitative estimate of drug-likeness (QED) is 0.856. The summed E-state index contributed by atoms with van der Waals surface area (Å²) >= 11 is 6.78. The summed E-state index contributed by atoms with van der Waals surface area (Å²) in [5, 5.41) is 14.8. The molecule has 15 heavy (non-hydrogen) atoms. The summed E-state index contributed by atoms with van der Waals surface area (Å²) in [5.74, 6) is 0.556. The van der Waals surface area contributed by atoms with Gasteiger partial charge in [0, 0.05) is 21.5 Å². The molecule has 0 amide bonds. The van der Waals surface area contributed by atoms with E-state index >= 15 is 0 Å². The second-order valence-corrected chi connectivity index (χ2v) is 5.79. The Balaban J connectivity index is 2.62. The summed E-state index contributed by atoms with van der Waals surface area (Å²) in [6, 6.07) is 5.40. The number of nitrogens with one attached hydrogen (secondary N) is 1. The van der Waals surface area contributed by atoms with Crippen LogP contribution in [0.1, 0.15) is 13.8 Å². The van der Waals surface area contributed by atoms with Crippen molar-refractivity contribution in [3.8, 4) is 5.75 Å². The number of para-hydroxylation sites is 1. The Bertz CT molecular complexity index is 328. The van der Waals surface area contributed by atoms with Crippen molar-refractivity contribution in [2.45, 2.75) is 18.7 Å². The SMILES string of the molecule is CC(C)C(Br)CNc1cccc(Br)c1[O-]. The largest absolute Gasteiger partial charge is 0.870 e.